The van der Waals surface area contributed by atoms with Gasteiger partial charge in [0.1, 0.15) is 0 Å². The predicted molar refractivity (Wildman–Crippen MR) is 57.1 cm³/mol. The number of hydrogen-bond donors (Lipinski definition) is 1. The number of hydrogen-bond acceptors (Lipinski definition) is 2. The van der Waals surface area contributed by atoms with Gasteiger partial charge in [-0.25, -0.2) is 0 Å². The minimum atomic E-state index is -0.173. The van der Waals surface area contributed by atoms with E-state index in [4.69, 9.17) is 0 Å². The molecule has 0 aliphatic carbocycles. The van der Waals surface area contributed by atoms with Gasteiger partial charge in [0.15, 0.2) is 0 Å². The smallest absolute Gasteiger partial charge is 0.0633 e. The van der Waals surface area contributed by atoms with Crippen molar-refractivity contribution in [2.45, 2.75) is 12.5 Å². The molecule has 1 aromatic rings. The first kappa shape index (κ1) is 9.69. The average molecular weight is 191 g/mol. The Balaban J connectivity index is 1.86. The van der Waals surface area contributed by atoms with Crippen LogP contribution in [-0.2, 0) is 6.42 Å². The first-order valence-corrected chi connectivity index (χ1v) is 5.16. The SMILES string of the molecule is CN1CC(C(O)Cc2ccccc2)C1. The normalized spacial score (nSPS) is 20.4. The van der Waals surface area contributed by atoms with Gasteiger partial charge in [0, 0.05) is 19.0 Å². The molecule has 1 saturated heterocycles. The second-order valence-corrected chi connectivity index (χ2v) is 4.24. The predicted octanol–water partition coefficient (Wildman–Crippen LogP) is 1.15. The molecule has 14 heavy (non-hydrogen) atoms. The summed E-state index contributed by atoms with van der Waals surface area (Å²) >= 11 is 0. The Kier molecular flexibility index (Phi) is 2.85. The highest BCUT2D eigenvalue weighted by atomic mass is 16.3. The lowest BCUT2D eigenvalue weighted by Gasteiger charge is -2.39. The fourth-order valence-corrected chi connectivity index (χ4v) is 2.01. The van der Waals surface area contributed by atoms with Crippen molar-refractivity contribution in [3.63, 3.8) is 0 Å². The summed E-state index contributed by atoms with van der Waals surface area (Å²) in [7, 11) is 2.09. The molecule has 2 rings (SSSR count). The van der Waals surface area contributed by atoms with Crippen molar-refractivity contribution in [2.75, 3.05) is 20.1 Å². The van der Waals surface area contributed by atoms with Gasteiger partial charge < -0.3 is 10.0 Å². The Bertz CT molecular complexity index is 280. The molecule has 1 aliphatic heterocycles. The van der Waals surface area contributed by atoms with Crippen LogP contribution in [0.5, 0.6) is 0 Å². The molecule has 2 heteroatoms. The molecule has 0 aromatic heterocycles. The molecule has 1 atom stereocenters. The largest absolute Gasteiger partial charge is 0.392 e. The summed E-state index contributed by atoms with van der Waals surface area (Å²) < 4.78 is 0. The van der Waals surface area contributed by atoms with Crippen molar-refractivity contribution in [1.29, 1.82) is 0 Å². The van der Waals surface area contributed by atoms with E-state index in [1.807, 2.05) is 18.2 Å². The van der Waals surface area contributed by atoms with Crippen molar-refractivity contribution >= 4 is 0 Å². The van der Waals surface area contributed by atoms with Gasteiger partial charge in [-0.2, -0.15) is 0 Å². The van der Waals surface area contributed by atoms with Crippen LogP contribution in [0.15, 0.2) is 30.3 Å². The molecule has 1 unspecified atom stereocenters. The van der Waals surface area contributed by atoms with E-state index in [0.29, 0.717) is 5.92 Å². The van der Waals surface area contributed by atoms with Gasteiger partial charge in [0.2, 0.25) is 0 Å². The molecule has 0 radical (unpaired) electrons. The summed E-state index contributed by atoms with van der Waals surface area (Å²) in [6.07, 6.45) is 0.618. The van der Waals surface area contributed by atoms with E-state index in [1.165, 1.54) is 5.56 Å². The number of nitrogens with zero attached hydrogens (tertiary/aromatic N) is 1. The zero-order valence-corrected chi connectivity index (χ0v) is 8.56. The quantitative estimate of drug-likeness (QED) is 0.774. The molecule has 0 amide bonds. The fraction of sp³-hybridized carbons (Fsp3) is 0.500. The molecule has 2 nitrogen and oxygen atoms in total. The number of benzene rings is 1. The molecular weight excluding hydrogens is 174 g/mol. The molecule has 0 bridgehead atoms. The Morgan fingerprint density at radius 1 is 1.36 bits per heavy atom. The van der Waals surface area contributed by atoms with E-state index in [-0.39, 0.29) is 6.10 Å². The maximum atomic E-state index is 9.91. The van der Waals surface area contributed by atoms with Gasteiger partial charge >= 0.3 is 0 Å². The summed E-state index contributed by atoms with van der Waals surface area (Å²) in [5, 5.41) is 9.91. The van der Waals surface area contributed by atoms with E-state index in [0.717, 1.165) is 19.5 Å². The molecule has 1 heterocycles. The van der Waals surface area contributed by atoms with Crippen LogP contribution < -0.4 is 0 Å². The van der Waals surface area contributed by atoms with Gasteiger partial charge in [-0.3, -0.25) is 0 Å². The molecule has 1 aromatic carbocycles. The summed E-state index contributed by atoms with van der Waals surface area (Å²) in [5.74, 6) is 0.472. The van der Waals surface area contributed by atoms with E-state index in [9.17, 15) is 5.11 Å². The first-order chi connectivity index (χ1) is 6.75. The Morgan fingerprint density at radius 3 is 2.57 bits per heavy atom. The minimum absolute atomic E-state index is 0.173. The van der Waals surface area contributed by atoms with Crippen LogP contribution in [0, 0.1) is 5.92 Å². The number of aliphatic hydroxyl groups is 1. The second-order valence-electron chi connectivity index (χ2n) is 4.24. The highest BCUT2D eigenvalue weighted by Crippen LogP contribution is 2.19. The first-order valence-electron chi connectivity index (χ1n) is 5.16. The Morgan fingerprint density at radius 2 is 2.00 bits per heavy atom. The molecule has 1 aliphatic rings. The molecular formula is C12H17NO. The lowest BCUT2D eigenvalue weighted by Crippen LogP contribution is -2.50. The van der Waals surface area contributed by atoms with E-state index < -0.39 is 0 Å². The second kappa shape index (κ2) is 4.11. The molecule has 0 spiro atoms. The highest BCUT2D eigenvalue weighted by Gasteiger charge is 2.29. The van der Waals surface area contributed by atoms with Gasteiger partial charge in [0.25, 0.3) is 0 Å². The van der Waals surface area contributed by atoms with Crippen molar-refractivity contribution in [3.8, 4) is 0 Å². The Hall–Kier alpha value is -0.860. The van der Waals surface area contributed by atoms with Gasteiger partial charge in [-0.15, -0.1) is 0 Å². The van der Waals surface area contributed by atoms with Gasteiger partial charge in [-0.1, -0.05) is 30.3 Å². The zero-order chi connectivity index (χ0) is 9.97. The minimum Gasteiger partial charge on any atom is -0.392 e. The molecule has 1 N–H and O–H groups in total. The summed E-state index contributed by atoms with van der Waals surface area (Å²) in [5.41, 5.74) is 1.23. The number of rotatable bonds is 3. The van der Waals surface area contributed by atoms with E-state index in [1.54, 1.807) is 0 Å². The highest BCUT2D eigenvalue weighted by molar-refractivity contribution is 5.15. The van der Waals surface area contributed by atoms with Crippen molar-refractivity contribution in [1.82, 2.24) is 4.90 Å². The van der Waals surface area contributed by atoms with Gasteiger partial charge in [0.05, 0.1) is 6.10 Å². The third-order valence-electron chi connectivity index (χ3n) is 2.92. The summed E-state index contributed by atoms with van der Waals surface area (Å²) in [4.78, 5) is 2.24. The Labute approximate surface area is 85.2 Å². The zero-order valence-electron chi connectivity index (χ0n) is 8.56. The maximum Gasteiger partial charge on any atom is 0.0633 e. The van der Waals surface area contributed by atoms with Crippen LogP contribution in [0.25, 0.3) is 0 Å². The average Bonchev–Trinajstić information content (AvgIpc) is 2.14. The van der Waals surface area contributed by atoms with Crippen molar-refractivity contribution in [2.24, 2.45) is 5.92 Å². The lowest BCUT2D eigenvalue weighted by molar-refractivity contribution is 0.0108. The van der Waals surface area contributed by atoms with Crippen LogP contribution >= 0.6 is 0 Å². The molecule has 1 fully saturated rings. The van der Waals surface area contributed by atoms with Crippen LogP contribution in [0.2, 0.25) is 0 Å². The monoisotopic (exact) mass is 191 g/mol. The number of aliphatic hydroxyl groups excluding tert-OH is 1. The third kappa shape index (κ3) is 2.14. The van der Waals surface area contributed by atoms with E-state index in [2.05, 4.69) is 24.1 Å². The maximum absolute atomic E-state index is 9.91. The summed E-state index contributed by atoms with van der Waals surface area (Å²) in [6.45, 7) is 2.07. The molecule has 76 valence electrons. The van der Waals surface area contributed by atoms with Crippen LogP contribution in [0.4, 0.5) is 0 Å². The topological polar surface area (TPSA) is 23.5 Å². The standard InChI is InChI=1S/C12H17NO/c1-13-8-11(9-13)12(14)7-10-5-3-2-4-6-10/h2-6,11-12,14H,7-9H2,1H3. The van der Waals surface area contributed by atoms with Crippen molar-refractivity contribution < 1.29 is 5.11 Å². The lowest BCUT2D eigenvalue weighted by atomic mass is 9.90. The molecule has 0 saturated carbocycles. The summed E-state index contributed by atoms with van der Waals surface area (Å²) in [6, 6.07) is 10.2. The van der Waals surface area contributed by atoms with Crippen molar-refractivity contribution in [3.05, 3.63) is 35.9 Å². The van der Waals surface area contributed by atoms with Gasteiger partial charge in [-0.05, 0) is 19.0 Å². The van der Waals surface area contributed by atoms with Crippen LogP contribution in [0.1, 0.15) is 5.56 Å². The third-order valence-corrected chi connectivity index (χ3v) is 2.92. The van der Waals surface area contributed by atoms with Crippen LogP contribution in [0.3, 0.4) is 0 Å². The fourth-order valence-electron chi connectivity index (χ4n) is 2.01. The number of likely N-dealkylation sites (tertiary alicyclic amines) is 1. The van der Waals surface area contributed by atoms with Crippen LogP contribution in [-0.4, -0.2) is 36.2 Å². The van der Waals surface area contributed by atoms with E-state index >= 15 is 0 Å².